The fourth-order valence-electron chi connectivity index (χ4n) is 2.18. The van der Waals surface area contributed by atoms with Crippen LogP contribution in [-0.2, 0) is 19.5 Å². The van der Waals surface area contributed by atoms with Gasteiger partial charge < -0.3 is 9.47 Å². The van der Waals surface area contributed by atoms with E-state index in [2.05, 4.69) is 9.72 Å². The molecule has 0 bridgehead atoms. The van der Waals surface area contributed by atoms with Crippen molar-refractivity contribution in [3.05, 3.63) is 11.2 Å². The van der Waals surface area contributed by atoms with Crippen LogP contribution in [0.15, 0.2) is 9.72 Å². The van der Waals surface area contributed by atoms with Gasteiger partial charge in [0.05, 0.1) is 12.6 Å². The Bertz CT molecular complexity index is 593. The van der Waals surface area contributed by atoms with E-state index in [1.165, 1.54) is 24.0 Å². The summed E-state index contributed by atoms with van der Waals surface area (Å²) in [5, 5.41) is 0. The van der Waals surface area contributed by atoms with Crippen LogP contribution in [0, 0.1) is 5.92 Å². The first-order chi connectivity index (χ1) is 9.96. The van der Waals surface area contributed by atoms with Crippen molar-refractivity contribution in [1.29, 1.82) is 0 Å². The molecule has 0 radical (unpaired) electrons. The molecule has 0 saturated carbocycles. The molecule has 7 nitrogen and oxygen atoms in total. The van der Waals surface area contributed by atoms with Crippen LogP contribution in [-0.4, -0.2) is 57.6 Å². The second-order valence-electron chi connectivity index (χ2n) is 4.82. The third kappa shape index (κ3) is 3.60. The largest absolute Gasteiger partial charge is 0.464 e. The summed E-state index contributed by atoms with van der Waals surface area (Å²) in [5.74, 6) is -0.470. The quantitative estimate of drug-likeness (QED) is 0.746. The van der Waals surface area contributed by atoms with Crippen LogP contribution in [0.5, 0.6) is 0 Å². The average Bonchev–Trinajstić information content (AvgIpc) is 2.97. The van der Waals surface area contributed by atoms with Gasteiger partial charge in [0.25, 0.3) is 10.0 Å². The SMILES string of the molecule is COC(=O)c1ncsc1S(=O)(=O)N(C)CC1CCOCC1. The van der Waals surface area contributed by atoms with Gasteiger partial charge in [-0.05, 0) is 18.8 Å². The van der Waals surface area contributed by atoms with Gasteiger partial charge in [-0.15, -0.1) is 11.3 Å². The molecule has 1 aromatic rings. The van der Waals surface area contributed by atoms with Crippen molar-refractivity contribution in [2.75, 3.05) is 33.9 Å². The third-order valence-electron chi connectivity index (χ3n) is 3.41. The minimum atomic E-state index is -3.73. The highest BCUT2D eigenvalue weighted by molar-refractivity contribution is 7.91. The zero-order chi connectivity index (χ0) is 15.5. The molecule has 1 aromatic heterocycles. The van der Waals surface area contributed by atoms with Crippen LogP contribution >= 0.6 is 11.3 Å². The highest BCUT2D eigenvalue weighted by Crippen LogP contribution is 2.26. The molecule has 9 heteroatoms. The van der Waals surface area contributed by atoms with E-state index < -0.39 is 16.0 Å². The Morgan fingerprint density at radius 1 is 1.52 bits per heavy atom. The van der Waals surface area contributed by atoms with Crippen LogP contribution in [0.1, 0.15) is 23.3 Å². The number of rotatable bonds is 5. The van der Waals surface area contributed by atoms with Gasteiger partial charge in [0.15, 0.2) is 9.90 Å². The molecule has 0 aliphatic carbocycles. The first kappa shape index (κ1) is 16.3. The summed E-state index contributed by atoms with van der Waals surface area (Å²) in [6, 6.07) is 0. The van der Waals surface area contributed by atoms with Crippen molar-refractivity contribution in [1.82, 2.24) is 9.29 Å². The van der Waals surface area contributed by atoms with E-state index in [-0.39, 0.29) is 15.8 Å². The Kier molecular flexibility index (Phi) is 5.31. The number of esters is 1. The molecule has 1 aliphatic heterocycles. The van der Waals surface area contributed by atoms with Crippen LogP contribution in [0.25, 0.3) is 0 Å². The number of hydrogen-bond donors (Lipinski definition) is 0. The first-order valence-corrected chi connectivity index (χ1v) is 8.84. The lowest BCUT2D eigenvalue weighted by Gasteiger charge is -2.26. The first-order valence-electron chi connectivity index (χ1n) is 6.52. The number of sulfonamides is 1. The summed E-state index contributed by atoms with van der Waals surface area (Å²) in [5.41, 5.74) is 1.18. The van der Waals surface area contributed by atoms with Gasteiger partial charge in [-0.1, -0.05) is 0 Å². The minimum absolute atomic E-state index is 0.0658. The van der Waals surface area contributed by atoms with E-state index in [0.717, 1.165) is 24.2 Å². The van der Waals surface area contributed by atoms with E-state index in [9.17, 15) is 13.2 Å². The maximum Gasteiger partial charge on any atom is 0.358 e. The summed E-state index contributed by atoms with van der Waals surface area (Å²) in [4.78, 5) is 15.4. The van der Waals surface area contributed by atoms with Crippen LogP contribution in [0.2, 0.25) is 0 Å². The van der Waals surface area contributed by atoms with Gasteiger partial charge in [-0.25, -0.2) is 18.2 Å². The summed E-state index contributed by atoms with van der Waals surface area (Å²) < 4.78 is 36.2. The number of thiazole rings is 1. The molecule has 1 saturated heterocycles. The standard InChI is InChI=1S/C12H18N2O5S2/c1-14(7-9-3-5-19-6-4-9)21(16,17)12-10(11(15)18-2)13-8-20-12/h8-9H,3-7H2,1-2H3. The third-order valence-corrected chi connectivity index (χ3v) is 6.58. The van der Waals surface area contributed by atoms with Crippen molar-refractivity contribution in [2.45, 2.75) is 17.1 Å². The fraction of sp³-hybridized carbons (Fsp3) is 0.667. The molecule has 118 valence electrons. The Hall–Kier alpha value is -1.03. The van der Waals surface area contributed by atoms with Crippen LogP contribution in [0.3, 0.4) is 0 Å². The highest BCUT2D eigenvalue weighted by Gasteiger charge is 2.31. The van der Waals surface area contributed by atoms with Crippen molar-refractivity contribution in [3.8, 4) is 0 Å². The topological polar surface area (TPSA) is 85.8 Å². The predicted molar refractivity (Wildman–Crippen MR) is 76.8 cm³/mol. The lowest BCUT2D eigenvalue weighted by molar-refractivity contribution is 0.0590. The molecule has 0 aromatic carbocycles. The van der Waals surface area contributed by atoms with Crippen molar-refractivity contribution in [2.24, 2.45) is 5.92 Å². The monoisotopic (exact) mass is 334 g/mol. The number of ether oxygens (including phenoxy) is 2. The maximum atomic E-state index is 12.6. The zero-order valence-corrected chi connectivity index (χ0v) is 13.6. The molecule has 0 spiro atoms. The Morgan fingerprint density at radius 2 is 2.19 bits per heavy atom. The molecule has 0 amide bonds. The number of carbonyl (C=O) groups excluding carboxylic acids is 1. The molecular formula is C12H18N2O5S2. The molecule has 1 aliphatic rings. The molecule has 2 rings (SSSR count). The second-order valence-corrected chi connectivity index (χ2v) is 7.92. The minimum Gasteiger partial charge on any atom is -0.464 e. The second kappa shape index (κ2) is 6.82. The van der Waals surface area contributed by atoms with Crippen molar-refractivity contribution in [3.63, 3.8) is 0 Å². The highest BCUT2D eigenvalue weighted by atomic mass is 32.2. The Morgan fingerprint density at radius 3 is 2.81 bits per heavy atom. The predicted octanol–water partition coefficient (Wildman–Crippen LogP) is 0.977. The molecule has 2 heterocycles. The number of nitrogens with zero attached hydrogens (tertiary/aromatic N) is 2. The van der Waals surface area contributed by atoms with Gasteiger partial charge in [-0.3, -0.25) is 0 Å². The summed E-state index contributed by atoms with van der Waals surface area (Å²) in [7, 11) is -1.02. The lowest BCUT2D eigenvalue weighted by atomic mass is 10.0. The van der Waals surface area contributed by atoms with Gasteiger partial charge in [0, 0.05) is 26.8 Å². The van der Waals surface area contributed by atoms with Crippen molar-refractivity contribution < 1.29 is 22.7 Å². The fourth-order valence-corrected chi connectivity index (χ4v) is 4.75. The van der Waals surface area contributed by atoms with E-state index in [1.807, 2.05) is 0 Å². The van der Waals surface area contributed by atoms with E-state index in [1.54, 1.807) is 0 Å². The van der Waals surface area contributed by atoms with E-state index in [0.29, 0.717) is 19.8 Å². The molecule has 21 heavy (non-hydrogen) atoms. The van der Waals surface area contributed by atoms with Crippen LogP contribution < -0.4 is 0 Å². The summed E-state index contributed by atoms with van der Waals surface area (Å²) in [6.07, 6.45) is 1.68. The van der Waals surface area contributed by atoms with Gasteiger partial charge in [-0.2, -0.15) is 4.31 Å². The van der Waals surface area contributed by atoms with Gasteiger partial charge in [0.1, 0.15) is 0 Å². The lowest BCUT2D eigenvalue weighted by Crippen LogP contribution is -2.34. The Labute approximate surface area is 127 Å². The normalized spacial score (nSPS) is 17.1. The molecule has 0 unspecified atom stereocenters. The Balaban J connectivity index is 2.17. The number of hydrogen-bond acceptors (Lipinski definition) is 7. The number of aromatic nitrogens is 1. The zero-order valence-electron chi connectivity index (χ0n) is 11.9. The molecule has 0 atom stereocenters. The van der Waals surface area contributed by atoms with Gasteiger partial charge in [0.2, 0.25) is 0 Å². The summed E-state index contributed by atoms with van der Waals surface area (Å²) >= 11 is 0.924. The van der Waals surface area contributed by atoms with Crippen LogP contribution in [0.4, 0.5) is 0 Å². The maximum absolute atomic E-state index is 12.6. The number of carbonyl (C=O) groups is 1. The molecule has 1 fully saturated rings. The van der Waals surface area contributed by atoms with E-state index >= 15 is 0 Å². The smallest absolute Gasteiger partial charge is 0.358 e. The average molecular weight is 334 g/mol. The van der Waals surface area contributed by atoms with E-state index in [4.69, 9.17) is 4.74 Å². The number of methoxy groups -OCH3 is 1. The van der Waals surface area contributed by atoms with Crippen molar-refractivity contribution >= 4 is 27.3 Å². The van der Waals surface area contributed by atoms with Gasteiger partial charge >= 0.3 is 5.97 Å². The molecule has 0 N–H and O–H groups in total. The molecular weight excluding hydrogens is 316 g/mol. The summed E-state index contributed by atoms with van der Waals surface area (Å²) in [6.45, 7) is 1.73.